The van der Waals surface area contributed by atoms with Gasteiger partial charge in [-0.05, 0) is 12.1 Å². The smallest absolute Gasteiger partial charge is 0.341 e. The molecule has 0 aliphatic rings. The highest BCUT2D eigenvalue weighted by Gasteiger charge is 2.32. The minimum atomic E-state index is -4.39. The highest BCUT2D eigenvalue weighted by atomic mass is 19.4. The Kier molecular flexibility index (Phi) is 6.57. The second kappa shape index (κ2) is 8.68. The number of carbonyl (C=O) groups excluding carboxylic acids is 2. The molecule has 0 aliphatic heterocycles. The Hall–Kier alpha value is -2.87. The first-order valence-corrected chi connectivity index (χ1v) is 8.28. The lowest BCUT2D eigenvalue weighted by atomic mass is 10.0. The van der Waals surface area contributed by atoms with Gasteiger partial charge in [0.15, 0.2) is 6.04 Å². The topological polar surface area (TPSA) is 62.6 Å². The van der Waals surface area contributed by atoms with E-state index in [9.17, 15) is 22.8 Å². The van der Waals surface area contributed by atoms with Gasteiger partial charge in [0.05, 0.1) is 12.6 Å². The van der Waals surface area contributed by atoms with Gasteiger partial charge in [0, 0.05) is 18.2 Å². The van der Waals surface area contributed by atoms with Crippen molar-refractivity contribution in [2.75, 3.05) is 14.1 Å². The van der Waals surface area contributed by atoms with Gasteiger partial charge in [0.1, 0.15) is 6.54 Å². The van der Waals surface area contributed by atoms with Gasteiger partial charge in [-0.2, -0.15) is 13.2 Å². The molecule has 2 atom stereocenters. The van der Waals surface area contributed by atoms with Crippen molar-refractivity contribution in [2.24, 2.45) is 0 Å². The van der Waals surface area contributed by atoms with Crippen LogP contribution in [0, 0.1) is 0 Å². The minimum Gasteiger partial charge on any atom is -0.341 e. The van der Waals surface area contributed by atoms with Crippen LogP contribution in [0.3, 0.4) is 0 Å². The number of alkyl halides is 3. The average Bonchev–Trinajstić information content (AvgIpc) is 2.62. The zero-order valence-electron chi connectivity index (χ0n) is 14.9. The number of nitrogens with one attached hydrogen (secondary N) is 3. The second-order valence-corrected chi connectivity index (χ2v) is 6.13. The molecule has 27 heavy (non-hydrogen) atoms. The molecule has 5 nitrogen and oxygen atoms in total. The van der Waals surface area contributed by atoms with E-state index in [-0.39, 0.29) is 0 Å². The molecule has 0 aromatic heterocycles. The summed E-state index contributed by atoms with van der Waals surface area (Å²) in [5.74, 6) is -0.495. The number of carbonyl (C=O) groups is 2. The predicted octanol–water partition coefficient (Wildman–Crippen LogP) is 1.92. The normalized spacial score (nSPS) is 13.5. The van der Waals surface area contributed by atoms with Gasteiger partial charge in [0.25, 0.3) is 5.91 Å². The highest BCUT2D eigenvalue weighted by molar-refractivity contribution is 5.96. The van der Waals surface area contributed by atoms with Crippen LogP contribution in [0.5, 0.6) is 0 Å². The molecule has 0 radical (unpaired) electrons. The molecule has 2 rings (SSSR count). The summed E-state index contributed by atoms with van der Waals surface area (Å²) in [4.78, 5) is 24.8. The summed E-state index contributed by atoms with van der Waals surface area (Å²) < 4.78 is 38.1. The summed E-state index contributed by atoms with van der Waals surface area (Å²) >= 11 is 0. The Bertz CT molecular complexity index is 777. The molecule has 2 aromatic rings. The molecule has 144 valence electrons. The van der Waals surface area contributed by atoms with Crippen LogP contribution in [0.2, 0.25) is 0 Å². The minimum absolute atomic E-state index is 0.304. The monoisotopic (exact) mass is 380 g/mol. The van der Waals surface area contributed by atoms with E-state index in [1.807, 2.05) is 6.07 Å². The zero-order chi connectivity index (χ0) is 20.0. The summed E-state index contributed by atoms with van der Waals surface area (Å²) in [6, 6.07) is 12.4. The van der Waals surface area contributed by atoms with Gasteiger partial charge in [0.2, 0.25) is 0 Å². The lowest BCUT2D eigenvalue weighted by molar-refractivity contribution is -0.916. The maximum absolute atomic E-state index is 12.7. The van der Waals surface area contributed by atoms with Crippen LogP contribution in [-0.4, -0.2) is 26.0 Å². The third-order valence-electron chi connectivity index (χ3n) is 4.12. The number of hydrogen-bond donors (Lipinski definition) is 3. The maximum Gasteiger partial charge on any atom is 0.416 e. The average molecular weight is 380 g/mol. The highest BCUT2D eigenvalue weighted by Crippen LogP contribution is 2.29. The molecule has 0 bridgehead atoms. The van der Waals surface area contributed by atoms with Crippen molar-refractivity contribution in [1.29, 1.82) is 0 Å². The zero-order valence-corrected chi connectivity index (χ0v) is 14.9. The van der Waals surface area contributed by atoms with Crippen molar-refractivity contribution in [3.63, 3.8) is 0 Å². The molecule has 1 unspecified atom stereocenters. The Balaban J connectivity index is 2.22. The van der Waals surface area contributed by atoms with Crippen molar-refractivity contribution >= 4 is 11.9 Å². The van der Waals surface area contributed by atoms with Crippen LogP contribution in [0.1, 0.15) is 22.7 Å². The lowest BCUT2D eigenvalue weighted by Crippen LogP contribution is -3.09. The number of halogens is 3. The van der Waals surface area contributed by atoms with Crippen LogP contribution < -0.4 is 15.5 Å². The quantitative estimate of drug-likeness (QED) is 0.742. The van der Waals surface area contributed by atoms with Crippen LogP contribution >= 0.6 is 0 Å². The van der Waals surface area contributed by atoms with Crippen molar-refractivity contribution in [3.8, 4) is 0 Å². The third kappa shape index (κ3) is 5.55. The lowest BCUT2D eigenvalue weighted by Gasteiger charge is -2.24. The number of quaternary nitrogens is 1. The van der Waals surface area contributed by atoms with Crippen LogP contribution in [0.15, 0.2) is 54.6 Å². The fourth-order valence-electron chi connectivity index (χ4n) is 2.79. The predicted molar refractivity (Wildman–Crippen MR) is 93.8 cm³/mol. The van der Waals surface area contributed by atoms with Crippen LogP contribution in [-0.2, 0) is 17.5 Å². The Labute approximate surface area is 155 Å². The molecule has 3 amide bonds. The number of benzene rings is 2. The van der Waals surface area contributed by atoms with Gasteiger partial charge in [-0.25, -0.2) is 4.79 Å². The number of hydrogen-bond acceptors (Lipinski definition) is 2. The number of amides is 3. The Morgan fingerprint density at radius 2 is 1.63 bits per heavy atom. The summed E-state index contributed by atoms with van der Waals surface area (Å²) in [5, 5.41) is 4.59. The SMILES string of the molecule is CNC(=O)NC(=O)[C@H](c1ccccc1)[NH+](C)Cc1ccc(C(F)(F)F)cc1. The summed E-state index contributed by atoms with van der Waals surface area (Å²) in [6.45, 7) is 0.304. The number of rotatable bonds is 5. The number of imide groups is 1. The fraction of sp³-hybridized carbons (Fsp3) is 0.263. The molecule has 0 heterocycles. The standard InChI is InChI=1S/C19H20F3N3O2/c1-23-18(27)24-17(26)16(14-6-4-3-5-7-14)25(2)12-13-8-10-15(11-9-13)19(20,21)22/h3-11,16H,12H2,1-2H3,(H2,23,24,26,27)/p+1/t16-/m0/s1. The van der Waals surface area contributed by atoms with Gasteiger partial charge in [-0.15, -0.1) is 0 Å². The molecular weight excluding hydrogens is 359 g/mol. The molecule has 0 aliphatic carbocycles. The van der Waals surface area contributed by atoms with Gasteiger partial charge < -0.3 is 10.2 Å². The number of likely N-dealkylation sites (N-methyl/N-ethyl adjacent to an activating group) is 1. The maximum atomic E-state index is 12.7. The first-order chi connectivity index (χ1) is 12.7. The fourth-order valence-corrected chi connectivity index (χ4v) is 2.79. The van der Waals surface area contributed by atoms with E-state index in [1.165, 1.54) is 19.2 Å². The molecular formula is C19H21F3N3O2+. The van der Waals surface area contributed by atoms with E-state index in [0.717, 1.165) is 12.1 Å². The first kappa shape index (κ1) is 20.4. The Morgan fingerprint density at radius 3 is 2.15 bits per heavy atom. The molecule has 8 heteroatoms. The molecule has 0 saturated carbocycles. The van der Waals surface area contributed by atoms with E-state index in [2.05, 4.69) is 10.6 Å². The van der Waals surface area contributed by atoms with Gasteiger partial charge >= 0.3 is 12.2 Å². The van der Waals surface area contributed by atoms with E-state index in [0.29, 0.717) is 22.6 Å². The molecule has 3 N–H and O–H groups in total. The summed E-state index contributed by atoms with van der Waals surface area (Å²) in [5.41, 5.74) is 0.623. The summed E-state index contributed by atoms with van der Waals surface area (Å²) in [7, 11) is 3.15. The second-order valence-electron chi connectivity index (χ2n) is 6.13. The van der Waals surface area contributed by atoms with Gasteiger partial charge in [-0.3, -0.25) is 10.1 Å². The van der Waals surface area contributed by atoms with Crippen molar-refractivity contribution in [3.05, 3.63) is 71.3 Å². The molecule has 0 saturated heterocycles. The van der Waals surface area contributed by atoms with E-state index in [1.54, 1.807) is 31.3 Å². The number of urea groups is 1. The first-order valence-electron chi connectivity index (χ1n) is 8.28. The molecule has 0 spiro atoms. The van der Waals surface area contributed by atoms with E-state index >= 15 is 0 Å². The van der Waals surface area contributed by atoms with E-state index < -0.39 is 29.7 Å². The third-order valence-corrected chi connectivity index (χ3v) is 4.12. The van der Waals surface area contributed by atoms with Crippen molar-refractivity contribution in [2.45, 2.75) is 18.8 Å². The van der Waals surface area contributed by atoms with Crippen LogP contribution in [0.25, 0.3) is 0 Å². The Morgan fingerprint density at radius 1 is 1.04 bits per heavy atom. The van der Waals surface area contributed by atoms with E-state index in [4.69, 9.17) is 0 Å². The van der Waals surface area contributed by atoms with Gasteiger partial charge in [-0.1, -0.05) is 42.5 Å². The van der Waals surface area contributed by atoms with Crippen molar-refractivity contribution < 1.29 is 27.7 Å². The molecule has 2 aromatic carbocycles. The largest absolute Gasteiger partial charge is 0.416 e. The summed E-state index contributed by atoms with van der Waals surface area (Å²) in [6.07, 6.45) is -4.39. The van der Waals surface area contributed by atoms with Crippen molar-refractivity contribution in [1.82, 2.24) is 10.6 Å². The molecule has 0 fully saturated rings. The van der Waals surface area contributed by atoms with Crippen LogP contribution in [0.4, 0.5) is 18.0 Å².